The maximum atomic E-state index is 13.5. The van der Waals surface area contributed by atoms with Crippen molar-refractivity contribution in [3.8, 4) is 0 Å². The van der Waals surface area contributed by atoms with Crippen LogP contribution in [0, 0.1) is 5.82 Å². The van der Waals surface area contributed by atoms with Gasteiger partial charge in [0.2, 0.25) is 0 Å². The summed E-state index contributed by atoms with van der Waals surface area (Å²) in [5.41, 5.74) is 0.297. The van der Waals surface area contributed by atoms with Crippen LogP contribution in [-0.2, 0) is 5.41 Å². The molecule has 0 aliphatic heterocycles. The molecule has 0 atom stereocenters. The van der Waals surface area contributed by atoms with E-state index in [-0.39, 0.29) is 11.1 Å². The molecule has 0 saturated heterocycles. The second kappa shape index (κ2) is 5.93. The van der Waals surface area contributed by atoms with Gasteiger partial charge in [-0.3, -0.25) is 9.78 Å². The van der Waals surface area contributed by atoms with Crippen LogP contribution in [0.5, 0.6) is 0 Å². The molecule has 0 unspecified atom stereocenters. The average Bonchev–Trinajstić information content (AvgIpc) is 3.26. The van der Waals surface area contributed by atoms with Crippen LogP contribution >= 0.6 is 27.5 Å². The van der Waals surface area contributed by atoms with Crippen molar-refractivity contribution in [3.63, 3.8) is 0 Å². The van der Waals surface area contributed by atoms with E-state index in [1.165, 1.54) is 18.3 Å². The molecule has 0 radical (unpaired) electrons. The first-order valence-electron chi connectivity index (χ1n) is 6.72. The van der Waals surface area contributed by atoms with Crippen molar-refractivity contribution in [2.45, 2.75) is 18.3 Å². The Balaban J connectivity index is 1.73. The van der Waals surface area contributed by atoms with Gasteiger partial charge < -0.3 is 5.32 Å². The first-order chi connectivity index (χ1) is 10.5. The Labute approximate surface area is 140 Å². The van der Waals surface area contributed by atoms with Crippen molar-refractivity contribution in [1.82, 2.24) is 15.3 Å². The van der Waals surface area contributed by atoms with E-state index in [4.69, 9.17) is 11.6 Å². The largest absolute Gasteiger partial charge is 0.350 e. The van der Waals surface area contributed by atoms with Crippen molar-refractivity contribution >= 4 is 33.4 Å². The molecule has 1 aliphatic carbocycles. The molecule has 1 N–H and O–H groups in total. The van der Waals surface area contributed by atoms with Crippen LogP contribution in [0.25, 0.3) is 0 Å². The zero-order valence-corrected chi connectivity index (χ0v) is 13.8. The quantitative estimate of drug-likeness (QED) is 0.878. The maximum absolute atomic E-state index is 13.5. The fourth-order valence-corrected chi connectivity index (χ4v) is 3.17. The van der Waals surface area contributed by atoms with Crippen molar-refractivity contribution in [2.75, 3.05) is 6.54 Å². The Morgan fingerprint density at radius 3 is 2.86 bits per heavy atom. The van der Waals surface area contributed by atoms with E-state index < -0.39 is 11.7 Å². The number of hydrogen-bond acceptors (Lipinski definition) is 3. The van der Waals surface area contributed by atoms with Gasteiger partial charge in [-0.05, 0) is 47.0 Å². The molecule has 1 aliphatic rings. The van der Waals surface area contributed by atoms with Gasteiger partial charge >= 0.3 is 0 Å². The Hall–Kier alpha value is -1.53. The van der Waals surface area contributed by atoms with Gasteiger partial charge in [0.15, 0.2) is 11.5 Å². The predicted molar refractivity (Wildman–Crippen MR) is 84.4 cm³/mol. The predicted octanol–water partition coefficient (Wildman–Crippen LogP) is 3.49. The van der Waals surface area contributed by atoms with Crippen LogP contribution in [0.15, 0.2) is 35.1 Å². The third-order valence-electron chi connectivity index (χ3n) is 3.72. The van der Waals surface area contributed by atoms with Gasteiger partial charge in [0.1, 0.15) is 0 Å². The molecule has 0 spiro atoms. The maximum Gasteiger partial charge on any atom is 0.272 e. The summed E-state index contributed by atoms with van der Waals surface area (Å²) >= 11 is 9.55. The summed E-state index contributed by atoms with van der Waals surface area (Å²) < 4.78 is 14.3. The molecular weight excluding hydrogens is 373 g/mol. The van der Waals surface area contributed by atoms with E-state index in [1.807, 2.05) is 0 Å². The Bertz CT molecular complexity index is 736. The summed E-state index contributed by atoms with van der Waals surface area (Å²) in [6.07, 6.45) is 4.83. The zero-order chi connectivity index (χ0) is 15.7. The topological polar surface area (TPSA) is 54.9 Å². The lowest BCUT2D eigenvalue weighted by atomic mass is 10.0. The molecule has 2 aromatic heterocycles. The molecule has 7 heteroatoms. The molecule has 2 aromatic rings. The number of nitrogens with zero attached hydrogens (tertiary/aromatic N) is 2. The lowest BCUT2D eigenvalue weighted by Gasteiger charge is -2.17. The number of hydrogen-bond donors (Lipinski definition) is 1. The zero-order valence-electron chi connectivity index (χ0n) is 11.4. The van der Waals surface area contributed by atoms with E-state index in [0.29, 0.717) is 11.6 Å². The highest BCUT2D eigenvalue weighted by Crippen LogP contribution is 2.49. The van der Waals surface area contributed by atoms with Crippen LogP contribution in [0.1, 0.15) is 29.0 Å². The average molecular weight is 385 g/mol. The van der Waals surface area contributed by atoms with Crippen molar-refractivity contribution < 1.29 is 9.18 Å². The fraction of sp³-hybridized carbons (Fsp3) is 0.267. The standard InChI is InChI=1S/C15H12BrClFN3O/c16-9-6-10(17)13(20-7-9)15(3-4-15)8-21-14(22)12-11(18)2-1-5-19-12/h1-2,5-7H,3-4,8H2,(H,21,22). The minimum atomic E-state index is -0.635. The molecule has 22 heavy (non-hydrogen) atoms. The first kappa shape index (κ1) is 15.4. The summed E-state index contributed by atoms with van der Waals surface area (Å²) in [7, 11) is 0. The third kappa shape index (κ3) is 2.98. The molecule has 2 heterocycles. The lowest BCUT2D eigenvalue weighted by Crippen LogP contribution is -2.33. The number of amides is 1. The van der Waals surface area contributed by atoms with E-state index >= 15 is 0 Å². The Morgan fingerprint density at radius 1 is 1.45 bits per heavy atom. The number of halogens is 3. The molecule has 0 aromatic carbocycles. The third-order valence-corrected chi connectivity index (χ3v) is 4.45. The van der Waals surface area contributed by atoms with Crippen molar-refractivity contribution in [3.05, 3.63) is 57.3 Å². The number of carbonyl (C=O) groups is 1. The monoisotopic (exact) mass is 383 g/mol. The van der Waals surface area contributed by atoms with Crippen LogP contribution < -0.4 is 5.32 Å². The normalized spacial score (nSPS) is 15.4. The van der Waals surface area contributed by atoms with E-state index in [0.717, 1.165) is 23.0 Å². The molecule has 1 saturated carbocycles. The molecule has 4 nitrogen and oxygen atoms in total. The number of nitrogens with one attached hydrogen (secondary N) is 1. The van der Waals surface area contributed by atoms with E-state index in [2.05, 4.69) is 31.2 Å². The van der Waals surface area contributed by atoms with Crippen LogP contribution in [0.2, 0.25) is 5.02 Å². The lowest BCUT2D eigenvalue weighted by molar-refractivity contribution is 0.0940. The summed E-state index contributed by atoms with van der Waals surface area (Å²) in [5, 5.41) is 3.29. The first-order valence-corrected chi connectivity index (χ1v) is 7.89. The van der Waals surface area contributed by atoms with Gasteiger partial charge in [-0.15, -0.1) is 0 Å². The number of pyridine rings is 2. The second-order valence-electron chi connectivity index (χ2n) is 5.28. The van der Waals surface area contributed by atoms with E-state index in [1.54, 1.807) is 12.3 Å². The van der Waals surface area contributed by atoms with Crippen LogP contribution in [0.3, 0.4) is 0 Å². The Morgan fingerprint density at radius 2 is 2.23 bits per heavy atom. The van der Waals surface area contributed by atoms with Gasteiger partial charge in [0.05, 0.1) is 10.7 Å². The number of aromatic nitrogens is 2. The Kier molecular flexibility index (Phi) is 4.14. The SMILES string of the molecule is O=C(NCC1(c2ncc(Br)cc2Cl)CC1)c1ncccc1F. The van der Waals surface area contributed by atoms with Gasteiger partial charge in [-0.1, -0.05) is 11.6 Å². The number of carbonyl (C=O) groups excluding carboxylic acids is 1. The van der Waals surface area contributed by atoms with Crippen molar-refractivity contribution in [2.24, 2.45) is 0 Å². The summed E-state index contributed by atoms with van der Waals surface area (Å²) in [5.74, 6) is -1.16. The van der Waals surface area contributed by atoms with Gasteiger partial charge in [-0.2, -0.15) is 0 Å². The highest BCUT2D eigenvalue weighted by atomic mass is 79.9. The highest BCUT2D eigenvalue weighted by molar-refractivity contribution is 9.10. The molecule has 114 valence electrons. The summed E-state index contributed by atoms with van der Waals surface area (Å²) in [6, 6.07) is 4.44. The molecule has 1 fully saturated rings. The molecule has 3 rings (SSSR count). The van der Waals surface area contributed by atoms with Crippen LogP contribution in [0.4, 0.5) is 4.39 Å². The van der Waals surface area contributed by atoms with Crippen molar-refractivity contribution in [1.29, 1.82) is 0 Å². The van der Waals surface area contributed by atoms with Gasteiger partial charge in [0.25, 0.3) is 5.91 Å². The molecule has 0 bridgehead atoms. The second-order valence-corrected chi connectivity index (χ2v) is 6.60. The minimum Gasteiger partial charge on any atom is -0.350 e. The van der Waals surface area contributed by atoms with Gasteiger partial charge in [0, 0.05) is 28.8 Å². The smallest absolute Gasteiger partial charge is 0.272 e. The summed E-state index contributed by atoms with van der Waals surface area (Å²) in [6.45, 7) is 0.357. The fourth-order valence-electron chi connectivity index (χ4n) is 2.34. The minimum absolute atomic E-state index is 0.201. The highest BCUT2D eigenvalue weighted by Gasteiger charge is 2.47. The van der Waals surface area contributed by atoms with Gasteiger partial charge in [-0.25, -0.2) is 9.37 Å². The molecule has 1 amide bonds. The van der Waals surface area contributed by atoms with Crippen LogP contribution in [-0.4, -0.2) is 22.4 Å². The number of rotatable bonds is 4. The molecular formula is C15H12BrClFN3O. The van der Waals surface area contributed by atoms with E-state index in [9.17, 15) is 9.18 Å². The summed E-state index contributed by atoms with van der Waals surface area (Å²) in [4.78, 5) is 20.2.